The molecule has 0 fully saturated rings. The molecule has 0 aliphatic carbocycles. The highest BCUT2D eigenvalue weighted by Crippen LogP contribution is 2.33. The highest BCUT2D eigenvalue weighted by atomic mass is 32.1. The summed E-state index contributed by atoms with van der Waals surface area (Å²) in [5, 5.41) is 13.8. The first-order valence-corrected chi connectivity index (χ1v) is 6.76. The number of aliphatic carboxylic acids is 1. The van der Waals surface area contributed by atoms with Gasteiger partial charge in [-0.15, -0.1) is 17.3 Å². The molecular weight excluding hydrogens is 264 g/mol. The third kappa shape index (κ3) is 2.71. The van der Waals surface area contributed by atoms with Crippen LogP contribution in [0.1, 0.15) is 23.4 Å². The summed E-state index contributed by atoms with van der Waals surface area (Å²) >= 11 is 1.54. The molecule has 2 heterocycles. The van der Waals surface area contributed by atoms with Crippen molar-refractivity contribution in [2.45, 2.75) is 19.4 Å². The Morgan fingerprint density at radius 3 is 3.11 bits per heavy atom. The van der Waals surface area contributed by atoms with E-state index in [2.05, 4.69) is 17.2 Å². The molecule has 5 nitrogen and oxygen atoms in total. The number of nitrogens with one attached hydrogen (secondary N) is 1. The van der Waals surface area contributed by atoms with Gasteiger partial charge in [0, 0.05) is 11.4 Å². The van der Waals surface area contributed by atoms with Crippen LogP contribution in [0.5, 0.6) is 0 Å². The summed E-state index contributed by atoms with van der Waals surface area (Å²) in [4.78, 5) is 25.8. The van der Waals surface area contributed by atoms with Gasteiger partial charge in [-0.3, -0.25) is 0 Å². The summed E-state index contributed by atoms with van der Waals surface area (Å²) in [6.07, 6.45) is 0.698. The molecule has 2 amide bonds. The third-order valence-electron chi connectivity index (χ3n) is 2.97. The minimum absolute atomic E-state index is 0.231. The third-order valence-corrected chi connectivity index (χ3v) is 3.96. The van der Waals surface area contributed by atoms with E-state index in [0.717, 1.165) is 10.4 Å². The van der Waals surface area contributed by atoms with Crippen molar-refractivity contribution < 1.29 is 14.7 Å². The lowest BCUT2D eigenvalue weighted by Crippen LogP contribution is -2.47. The van der Waals surface area contributed by atoms with E-state index < -0.39 is 12.0 Å². The summed E-state index contributed by atoms with van der Waals surface area (Å²) in [6, 6.07) is 0.501. The summed E-state index contributed by atoms with van der Waals surface area (Å²) in [7, 11) is 0. The number of rotatable bonds is 2. The highest BCUT2D eigenvalue weighted by molar-refractivity contribution is 7.10. The maximum absolute atomic E-state index is 12.0. The fourth-order valence-electron chi connectivity index (χ4n) is 2.11. The van der Waals surface area contributed by atoms with Crippen molar-refractivity contribution in [3.63, 3.8) is 0 Å². The molecule has 0 saturated carbocycles. The Balaban J connectivity index is 2.18. The molecule has 1 aliphatic rings. The van der Waals surface area contributed by atoms with Gasteiger partial charge in [0.05, 0.1) is 6.54 Å². The van der Waals surface area contributed by atoms with Gasteiger partial charge in [-0.1, -0.05) is 5.92 Å². The van der Waals surface area contributed by atoms with Crippen molar-refractivity contribution in [3.8, 4) is 11.8 Å². The van der Waals surface area contributed by atoms with Crippen LogP contribution in [0.25, 0.3) is 0 Å². The predicted molar refractivity (Wildman–Crippen MR) is 72.0 cm³/mol. The van der Waals surface area contributed by atoms with Gasteiger partial charge in [-0.05, 0) is 30.4 Å². The second-order valence-corrected chi connectivity index (χ2v) is 5.07. The number of amides is 2. The number of hydrogen-bond donors (Lipinski definition) is 2. The zero-order valence-electron chi connectivity index (χ0n) is 10.5. The first-order valence-electron chi connectivity index (χ1n) is 5.88. The Bertz CT molecular complexity index is 556. The highest BCUT2D eigenvalue weighted by Gasteiger charge is 2.36. The van der Waals surface area contributed by atoms with E-state index in [-0.39, 0.29) is 12.6 Å². The number of carboxylic acid groups (broad SMARTS) is 1. The summed E-state index contributed by atoms with van der Waals surface area (Å²) in [5.74, 6) is 4.39. The van der Waals surface area contributed by atoms with Crippen LogP contribution in [0.15, 0.2) is 11.4 Å². The lowest BCUT2D eigenvalue weighted by Gasteiger charge is -2.32. The van der Waals surface area contributed by atoms with Crippen LogP contribution >= 0.6 is 11.3 Å². The smallest absolute Gasteiger partial charge is 0.331 e. The summed E-state index contributed by atoms with van der Waals surface area (Å²) in [5.41, 5.74) is 0.723. The second kappa shape index (κ2) is 5.76. The summed E-state index contributed by atoms with van der Waals surface area (Å²) < 4.78 is 0. The van der Waals surface area contributed by atoms with E-state index >= 15 is 0 Å². The van der Waals surface area contributed by atoms with Crippen LogP contribution in [0.4, 0.5) is 4.79 Å². The van der Waals surface area contributed by atoms with Gasteiger partial charge in [-0.25, -0.2) is 9.59 Å². The molecule has 0 radical (unpaired) electrons. The zero-order chi connectivity index (χ0) is 13.8. The van der Waals surface area contributed by atoms with E-state index in [1.54, 1.807) is 13.0 Å². The minimum atomic E-state index is -1.00. The molecule has 1 aromatic heterocycles. The van der Waals surface area contributed by atoms with Crippen molar-refractivity contribution in [3.05, 3.63) is 21.9 Å². The van der Waals surface area contributed by atoms with Gasteiger partial charge < -0.3 is 15.3 Å². The van der Waals surface area contributed by atoms with E-state index in [4.69, 9.17) is 0 Å². The van der Waals surface area contributed by atoms with Crippen LogP contribution in [-0.4, -0.2) is 35.1 Å². The number of fused-ring (bicyclic) bond motifs is 1. The maximum Gasteiger partial charge on any atom is 0.331 e. The predicted octanol–water partition coefficient (Wildman–Crippen LogP) is 1.46. The number of carboxylic acids is 1. The molecule has 1 aromatic rings. The number of hydrogen-bond acceptors (Lipinski definition) is 3. The van der Waals surface area contributed by atoms with E-state index in [1.165, 1.54) is 16.2 Å². The maximum atomic E-state index is 12.0. The van der Waals surface area contributed by atoms with Crippen molar-refractivity contribution in [2.75, 3.05) is 13.1 Å². The largest absolute Gasteiger partial charge is 0.479 e. The lowest BCUT2D eigenvalue weighted by atomic mass is 10.0. The fraction of sp³-hybridized carbons (Fsp3) is 0.385. The SMILES string of the molecule is CC#CCNC(=O)N1CCc2sccc2C1C(=O)O. The number of nitrogens with zero attached hydrogens (tertiary/aromatic N) is 1. The van der Waals surface area contributed by atoms with Crippen LogP contribution in [0.3, 0.4) is 0 Å². The van der Waals surface area contributed by atoms with E-state index in [0.29, 0.717) is 13.0 Å². The molecule has 1 atom stereocenters. The Morgan fingerprint density at radius 2 is 2.42 bits per heavy atom. The average molecular weight is 278 g/mol. The van der Waals surface area contributed by atoms with Crippen molar-refractivity contribution in [1.29, 1.82) is 0 Å². The van der Waals surface area contributed by atoms with Crippen molar-refractivity contribution in [2.24, 2.45) is 0 Å². The topological polar surface area (TPSA) is 69.6 Å². The number of thiophene rings is 1. The molecule has 1 unspecified atom stereocenters. The summed E-state index contributed by atoms with van der Waals surface area (Å²) in [6.45, 7) is 2.33. The molecular formula is C13H14N2O3S. The minimum Gasteiger partial charge on any atom is -0.479 e. The quantitative estimate of drug-likeness (QED) is 0.805. The molecule has 0 spiro atoms. The van der Waals surface area contributed by atoms with Gasteiger partial charge in [-0.2, -0.15) is 0 Å². The van der Waals surface area contributed by atoms with Crippen molar-refractivity contribution in [1.82, 2.24) is 10.2 Å². The molecule has 2 rings (SSSR count). The molecule has 1 aliphatic heterocycles. The van der Waals surface area contributed by atoms with E-state index in [1.807, 2.05) is 5.38 Å². The fourth-order valence-corrected chi connectivity index (χ4v) is 3.02. The molecule has 19 heavy (non-hydrogen) atoms. The van der Waals surface area contributed by atoms with E-state index in [9.17, 15) is 14.7 Å². The molecule has 0 bridgehead atoms. The number of carbonyl (C=O) groups excluding carboxylic acids is 1. The molecule has 0 saturated heterocycles. The zero-order valence-corrected chi connectivity index (χ0v) is 11.3. The monoisotopic (exact) mass is 278 g/mol. The second-order valence-electron chi connectivity index (χ2n) is 4.07. The van der Waals surface area contributed by atoms with Gasteiger partial charge in [0.1, 0.15) is 0 Å². The van der Waals surface area contributed by atoms with Crippen LogP contribution in [0, 0.1) is 11.8 Å². The Hall–Kier alpha value is -2.00. The first kappa shape index (κ1) is 13.4. The molecule has 2 N–H and O–H groups in total. The Labute approximate surface area is 115 Å². The van der Waals surface area contributed by atoms with Gasteiger partial charge >= 0.3 is 12.0 Å². The molecule has 100 valence electrons. The number of urea groups is 1. The lowest BCUT2D eigenvalue weighted by molar-refractivity contribution is -0.142. The van der Waals surface area contributed by atoms with Gasteiger partial charge in [0.2, 0.25) is 0 Å². The van der Waals surface area contributed by atoms with Gasteiger partial charge in [0.25, 0.3) is 0 Å². The van der Waals surface area contributed by atoms with Gasteiger partial charge in [0.15, 0.2) is 6.04 Å². The molecule has 6 heteroatoms. The van der Waals surface area contributed by atoms with Crippen LogP contribution < -0.4 is 5.32 Å². The van der Waals surface area contributed by atoms with Crippen LogP contribution in [0.2, 0.25) is 0 Å². The Kier molecular flexibility index (Phi) is 4.07. The average Bonchev–Trinajstić information content (AvgIpc) is 2.85. The van der Waals surface area contributed by atoms with Crippen molar-refractivity contribution >= 4 is 23.3 Å². The normalized spacial score (nSPS) is 17.1. The first-order chi connectivity index (χ1) is 9.15. The standard InChI is InChI=1S/C13H14N2O3S/c1-2-3-6-14-13(18)15-7-4-10-9(5-8-19-10)11(15)12(16)17/h5,8,11H,4,6-7H2,1H3,(H,14,18)(H,16,17). The molecule has 0 aromatic carbocycles. The van der Waals surface area contributed by atoms with Crippen LogP contribution in [-0.2, 0) is 11.2 Å². The Morgan fingerprint density at radius 1 is 1.63 bits per heavy atom. The number of carbonyl (C=O) groups is 2.